The Morgan fingerprint density at radius 2 is 0.878 bits per heavy atom. The maximum absolute atomic E-state index is 10.8. The van der Waals surface area contributed by atoms with Crippen molar-refractivity contribution in [3.8, 4) is 0 Å². The highest BCUT2D eigenvalue weighted by Crippen LogP contribution is 2.18. The lowest BCUT2D eigenvalue weighted by atomic mass is 10.1. The van der Waals surface area contributed by atoms with Gasteiger partial charge in [-0.25, -0.2) is 14.4 Å². The number of carbonyl (C=O) groups is 3. The van der Waals surface area contributed by atoms with Gasteiger partial charge in [0.15, 0.2) is 0 Å². The van der Waals surface area contributed by atoms with Gasteiger partial charge in [0.05, 0.1) is 16.7 Å². The van der Waals surface area contributed by atoms with Crippen LogP contribution in [0.25, 0.3) is 21.5 Å². The normalized spacial score (nSPS) is 8.83. The summed E-state index contributed by atoms with van der Waals surface area (Å²) < 4.78 is 0. The topological polar surface area (TPSA) is 112 Å². The highest BCUT2D eigenvalue weighted by molar-refractivity contribution is 6.03. The molecule has 41 heavy (non-hydrogen) atoms. The predicted molar refractivity (Wildman–Crippen MR) is 169 cm³/mol. The summed E-state index contributed by atoms with van der Waals surface area (Å²) in [6.07, 6.45) is 0. The molecule has 5 aromatic rings. The van der Waals surface area contributed by atoms with Gasteiger partial charge in [0.2, 0.25) is 0 Å². The second kappa shape index (κ2) is 20.9. The summed E-state index contributed by atoms with van der Waals surface area (Å²) in [6, 6.07) is 33.8. The van der Waals surface area contributed by atoms with Crippen molar-refractivity contribution < 1.29 is 29.7 Å². The van der Waals surface area contributed by atoms with Crippen molar-refractivity contribution in [3.63, 3.8) is 0 Å². The van der Waals surface area contributed by atoms with Gasteiger partial charge in [-0.05, 0) is 51.9 Å². The first-order chi connectivity index (χ1) is 19.9. The number of carboxylic acids is 3. The van der Waals surface area contributed by atoms with Crippen LogP contribution in [-0.2, 0) is 0 Å². The molecule has 0 aliphatic rings. The van der Waals surface area contributed by atoms with Crippen LogP contribution in [-0.4, -0.2) is 33.2 Å². The van der Waals surface area contributed by atoms with Crippen LogP contribution >= 0.6 is 0 Å². The zero-order valence-corrected chi connectivity index (χ0v) is 24.5. The van der Waals surface area contributed by atoms with E-state index in [-0.39, 0.29) is 0 Å². The van der Waals surface area contributed by atoms with Gasteiger partial charge in [-0.3, -0.25) is 0 Å². The summed E-state index contributed by atoms with van der Waals surface area (Å²) in [5.41, 5.74) is 1.02. The fourth-order valence-electron chi connectivity index (χ4n) is 3.31. The van der Waals surface area contributed by atoms with Crippen LogP contribution in [0.4, 0.5) is 0 Å². The Morgan fingerprint density at radius 1 is 0.415 bits per heavy atom. The Balaban J connectivity index is 0.000000543. The minimum absolute atomic E-state index is 0.331. The molecule has 3 N–H and O–H groups in total. The average Bonchev–Trinajstić information content (AvgIpc) is 3.04. The molecule has 216 valence electrons. The van der Waals surface area contributed by atoms with Crippen molar-refractivity contribution in [2.45, 2.75) is 41.5 Å². The molecule has 5 aromatic carbocycles. The van der Waals surface area contributed by atoms with E-state index in [0.29, 0.717) is 16.7 Å². The quantitative estimate of drug-likeness (QED) is 0.204. The molecule has 0 saturated carbocycles. The zero-order valence-electron chi connectivity index (χ0n) is 24.5. The molecule has 0 bridgehead atoms. The maximum Gasteiger partial charge on any atom is 0.336 e. The van der Waals surface area contributed by atoms with E-state index in [4.69, 9.17) is 15.3 Å². The third-order valence-electron chi connectivity index (χ3n) is 5.04. The van der Waals surface area contributed by atoms with Gasteiger partial charge in [0, 0.05) is 0 Å². The van der Waals surface area contributed by atoms with Gasteiger partial charge in [0.25, 0.3) is 0 Å². The molecule has 0 fully saturated rings. The van der Waals surface area contributed by atoms with Gasteiger partial charge in [-0.2, -0.15) is 0 Å². The summed E-state index contributed by atoms with van der Waals surface area (Å²) in [5, 5.41) is 29.8. The van der Waals surface area contributed by atoms with Gasteiger partial charge in [0.1, 0.15) is 0 Å². The lowest BCUT2D eigenvalue weighted by Gasteiger charge is -2.00. The monoisotopic (exact) mass is 556 g/mol. The van der Waals surface area contributed by atoms with Crippen LogP contribution in [0.2, 0.25) is 0 Å². The van der Waals surface area contributed by atoms with Crippen molar-refractivity contribution in [1.29, 1.82) is 0 Å². The van der Waals surface area contributed by atoms with E-state index in [1.54, 1.807) is 54.6 Å². The van der Waals surface area contributed by atoms with Crippen LogP contribution in [0.15, 0.2) is 115 Å². The first-order valence-corrected chi connectivity index (χ1v) is 13.6. The van der Waals surface area contributed by atoms with Gasteiger partial charge < -0.3 is 15.3 Å². The fourth-order valence-corrected chi connectivity index (χ4v) is 3.31. The number of aromatic carboxylic acids is 3. The molecule has 0 amide bonds. The van der Waals surface area contributed by atoms with Crippen LogP contribution in [0.5, 0.6) is 0 Å². The molecule has 5 rings (SSSR count). The van der Waals surface area contributed by atoms with E-state index in [9.17, 15) is 14.4 Å². The van der Waals surface area contributed by atoms with E-state index < -0.39 is 17.9 Å². The molecule has 6 nitrogen and oxygen atoms in total. The summed E-state index contributed by atoms with van der Waals surface area (Å²) in [4.78, 5) is 31.7. The van der Waals surface area contributed by atoms with E-state index >= 15 is 0 Å². The van der Waals surface area contributed by atoms with Crippen LogP contribution in [0, 0.1) is 0 Å². The summed E-state index contributed by atoms with van der Waals surface area (Å²) >= 11 is 0. The third-order valence-corrected chi connectivity index (χ3v) is 5.04. The molecule has 0 atom stereocenters. The summed E-state index contributed by atoms with van der Waals surface area (Å²) in [6.45, 7) is 12.0. The number of hydrogen-bond acceptors (Lipinski definition) is 3. The predicted octanol–water partition coefficient (Wildman–Crippen LogP) is 9.54. The molecule has 0 radical (unpaired) electrons. The van der Waals surface area contributed by atoms with Gasteiger partial charge >= 0.3 is 17.9 Å². The average molecular weight is 557 g/mol. The number of hydrogen-bond donors (Lipinski definition) is 3. The molecule has 0 aliphatic heterocycles. The van der Waals surface area contributed by atoms with Crippen molar-refractivity contribution >= 4 is 39.5 Å². The third kappa shape index (κ3) is 12.2. The molecule has 0 aliphatic carbocycles. The molecule has 0 aromatic heterocycles. The number of benzene rings is 5. The lowest BCUT2D eigenvalue weighted by Crippen LogP contribution is -1.96. The Bertz CT molecular complexity index is 1460. The molecular formula is C35H40O6. The molecule has 0 spiro atoms. The van der Waals surface area contributed by atoms with Gasteiger partial charge in [-0.1, -0.05) is 126 Å². The Kier molecular flexibility index (Phi) is 18.4. The van der Waals surface area contributed by atoms with E-state index in [2.05, 4.69) is 0 Å². The molecule has 0 heterocycles. The first kappa shape index (κ1) is 36.0. The zero-order chi connectivity index (χ0) is 31.2. The fraction of sp³-hybridized carbons (Fsp3) is 0.171. The Morgan fingerprint density at radius 3 is 1.39 bits per heavy atom. The minimum Gasteiger partial charge on any atom is -0.478 e. The SMILES string of the molecule is CC.CC.CC.O=C(O)c1ccc2ccccc2c1.O=C(O)c1cccc2ccccc12.O=C(O)c1ccccc1. The molecular weight excluding hydrogens is 516 g/mol. The highest BCUT2D eigenvalue weighted by Gasteiger charge is 2.06. The molecule has 0 unspecified atom stereocenters. The van der Waals surface area contributed by atoms with Crippen LogP contribution in [0.1, 0.15) is 72.6 Å². The summed E-state index contributed by atoms with van der Waals surface area (Å²) in [7, 11) is 0. The number of fused-ring (bicyclic) bond motifs is 2. The highest BCUT2D eigenvalue weighted by atomic mass is 16.4. The Hall–Kier alpha value is -4.97. The number of carboxylic acid groups (broad SMARTS) is 3. The molecule has 0 saturated heterocycles. The van der Waals surface area contributed by atoms with E-state index in [0.717, 1.165) is 21.5 Å². The summed E-state index contributed by atoms with van der Waals surface area (Å²) in [5.74, 6) is -2.64. The molecule has 6 heteroatoms. The van der Waals surface area contributed by atoms with Crippen LogP contribution in [0.3, 0.4) is 0 Å². The van der Waals surface area contributed by atoms with E-state index in [1.807, 2.05) is 102 Å². The Labute approximate surface area is 242 Å². The largest absolute Gasteiger partial charge is 0.478 e. The van der Waals surface area contributed by atoms with Crippen molar-refractivity contribution in [2.24, 2.45) is 0 Å². The van der Waals surface area contributed by atoms with E-state index in [1.165, 1.54) is 0 Å². The van der Waals surface area contributed by atoms with Crippen molar-refractivity contribution in [1.82, 2.24) is 0 Å². The van der Waals surface area contributed by atoms with Crippen LogP contribution < -0.4 is 0 Å². The van der Waals surface area contributed by atoms with Gasteiger partial charge in [-0.15, -0.1) is 0 Å². The number of rotatable bonds is 3. The standard InChI is InChI=1S/2C11H8O2.C7H6O2.3C2H6/c12-11(13)10-7-3-5-8-4-1-2-6-9(8)10;12-11(13)10-6-5-8-3-1-2-4-9(8)7-10;8-7(9)6-4-2-1-3-5-6;3*1-2/h2*1-7H,(H,12,13);1-5H,(H,8,9);3*1-2H3. The second-order valence-corrected chi connectivity index (χ2v) is 7.37. The second-order valence-electron chi connectivity index (χ2n) is 7.37. The van der Waals surface area contributed by atoms with Crippen molar-refractivity contribution in [3.05, 3.63) is 132 Å². The minimum atomic E-state index is -0.884. The smallest absolute Gasteiger partial charge is 0.336 e. The lowest BCUT2D eigenvalue weighted by molar-refractivity contribution is 0.0686. The maximum atomic E-state index is 10.8. The first-order valence-electron chi connectivity index (χ1n) is 13.6. The van der Waals surface area contributed by atoms with Crippen molar-refractivity contribution in [2.75, 3.05) is 0 Å².